The number of hydrogen-bond acceptors (Lipinski definition) is 1. The van der Waals surface area contributed by atoms with Crippen molar-refractivity contribution < 1.29 is 4.79 Å². The number of carbonyl (C=O) groups is 1. The number of hydrogen-bond donors (Lipinski definition) is 1. The molecular formula is C19H24BrNO. The minimum absolute atomic E-state index is 0.238. The van der Waals surface area contributed by atoms with E-state index >= 15 is 0 Å². The van der Waals surface area contributed by atoms with E-state index in [1.54, 1.807) is 0 Å². The SMILES string of the molecule is O=C(CC12C[C@H]3C[C@@H](CC(Br)(C3)C1)C2)NCc1ccccc1. The Kier molecular flexibility index (Phi) is 3.60. The molecule has 1 aromatic carbocycles. The molecule has 0 radical (unpaired) electrons. The Hall–Kier alpha value is -0.830. The number of benzene rings is 1. The fourth-order valence-electron chi connectivity index (χ4n) is 5.74. The average molecular weight is 362 g/mol. The molecule has 4 aliphatic carbocycles. The summed E-state index contributed by atoms with van der Waals surface area (Å²) in [4.78, 5) is 12.5. The number of alkyl halides is 1. The van der Waals surface area contributed by atoms with Gasteiger partial charge in [-0.1, -0.05) is 46.3 Å². The molecule has 2 nitrogen and oxygen atoms in total. The number of nitrogens with one attached hydrogen (secondary N) is 1. The molecule has 22 heavy (non-hydrogen) atoms. The third kappa shape index (κ3) is 2.84. The normalized spacial score (nSPS) is 39.0. The molecule has 4 fully saturated rings. The zero-order chi connectivity index (χ0) is 15.2. The van der Waals surface area contributed by atoms with Gasteiger partial charge in [-0.25, -0.2) is 0 Å². The van der Waals surface area contributed by atoms with Crippen molar-refractivity contribution in [3.63, 3.8) is 0 Å². The number of rotatable bonds is 4. The van der Waals surface area contributed by atoms with Crippen LogP contribution in [0.4, 0.5) is 0 Å². The Balaban J connectivity index is 1.39. The molecule has 1 N–H and O–H groups in total. The third-order valence-corrected chi connectivity index (χ3v) is 6.91. The second-order valence-corrected chi connectivity index (χ2v) is 9.73. The summed E-state index contributed by atoms with van der Waals surface area (Å²) >= 11 is 4.03. The summed E-state index contributed by atoms with van der Waals surface area (Å²) in [7, 11) is 0. The lowest BCUT2D eigenvalue weighted by Gasteiger charge is -2.60. The molecule has 1 amide bonds. The molecule has 3 heteroatoms. The van der Waals surface area contributed by atoms with Crippen LogP contribution in [-0.2, 0) is 11.3 Å². The summed E-state index contributed by atoms with van der Waals surface area (Å²) in [5.74, 6) is 1.94. The van der Waals surface area contributed by atoms with Crippen molar-refractivity contribution in [3.8, 4) is 0 Å². The van der Waals surface area contributed by atoms with E-state index in [0.717, 1.165) is 18.3 Å². The molecule has 0 saturated heterocycles. The maximum Gasteiger partial charge on any atom is 0.220 e. The van der Waals surface area contributed by atoms with Gasteiger partial charge >= 0.3 is 0 Å². The van der Waals surface area contributed by atoms with Gasteiger partial charge in [0.15, 0.2) is 0 Å². The molecule has 4 saturated carbocycles. The summed E-state index contributed by atoms with van der Waals surface area (Å²) < 4.78 is 0.344. The van der Waals surface area contributed by atoms with Crippen molar-refractivity contribution in [3.05, 3.63) is 35.9 Å². The van der Waals surface area contributed by atoms with Crippen LogP contribution in [0.1, 0.15) is 50.5 Å². The highest BCUT2D eigenvalue weighted by molar-refractivity contribution is 9.10. The van der Waals surface area contributed by atoms with Crippen molar-refractivity contribution in [1.29, 1.82) is 0 Å². The average Bonchev–Trinajstić information content (AvgIpc) is 2.43. The van der Waals surface area contributed by atoms with E-state index in [0.29, 0.717) is 10.9 Å². The zero-order valence-corrected chi connectivity index (χ0v) is 14.6. The predicted octanol–water partition coefficient (Wildman–Crippen LogP) is 4.43. The first-order chi connectivity index (χ1) is 10.5. The van der Waals surface area contributed by atoms with Crippen LogP contribution in [0.15, 0.2) is 30.3 Å². The van der Waals surface area contributed by atoms with Crippen LogP contribution in [0.3, 0.4) is 0 Å². The highest BCUT2D eigenvalue weighted by Gasteiger charge is 2.57. The lowest BCUT2D eigenvalue weighted by Crippen LogP contribution is -2.54. The summed E-state index contributed by atoms with van der Waals surface area (Å²) in [6.45, 7) is 0.655. The molecular weight excluding hydrogens is 338 g/mol. The fraction of sp³-hybridized carbons (Fsp3) is 0.632. The van der Waals surface area contributed by atoms with E-state index < -0.39 is 0 Å². The maximum atomic E-state index is 12.5. The van der Waals surface area contributed by atoms with Crippen molar-refractivity contribution >= 4 is 21.8 Å². The molecule has 0 aliphatic heterocycles. The molecule has 4 bridgehead atoms. The van der Waals surface area contributed by atoms with Crippen LogP contribution in [0, 0.1) is 17.3 Å². The molecule has 0 spiro atoms. The molecule has 0 heterocycles. The van der Waals surface area contributed by atoms with Crippen LogP contribution < -0.4 is 5.32 Å². The molecule has 2 atom stereocenters. The van der Waals surface area contributed by atoms with Crippen molar-refractivity contribution in [2.45, 2.75) is 55.8 Å². The molecule has 4 aliphatic rings. The van der Waals surface area contributed by atoms with Gasteiger partial charge in [0.1, 0.15) is 0 Å². The minimum Gasteiger partial charge on any atom is -0.352 e. The first kappa shape index (κ1) is 14.7. The standard InChI is InChI=1S/C19H24BrNO/c20-19-9-15-6-16(10-19)8-18(7-15,13-19)11-17(22)21-12-14-4-2-1-3-5-14/h1-5,15-16H,6-13H2,(H,21,22)/t15-,16-,18?,19?/m1/s1. The highest BCUT2D eigenvalue weighted by Crippen LogP contribution is 2.65. The van der Waals surface area contributed by atoms with Gasteiger partial charge in [-0.2, -0.15) is 0 Å². The summed E-state index contributed by atoms with van der Waals surface area (Å²) in [6, 6.07) is 10.2. The van der Waals surface area contributed by atoms with E-state index in [4.69, 9.17) is 0 Å². The number of carbonyl (C=O) groups excluding carboxylic acids is 1. The van der Waals surface area contributed by atoms with E-state index in [2.05, 4.69) is 33.4 Å². The van der Waals surface area contributed by atoms with E-state index in [9.17, 15) is 4.79 Å². The third-order valence-electron chi connectivity index (χ3n) is 5.98. The van der Waals surface area contributed by atoms with Gasteiger partial charge < -0.3 is 5.32 Å². The molecule has 0 aromatic heterocycles. The molecule has 1 aromatic rings. The molecule has 5 rings (SSSR count). The van der Waals surface area contributed by atoms with Crippen LogP contribution in [0.2, 0.25) is 0 Å². The van der Waals surface area contributed by atoms with Crippen LogP contribution >= 0.6 is 15.9 Å². The summed E-state index contributed by atoms with van der Waals surface area (Å²) in [5.41, 5.74) is 1.45. The van der Waals surface area contributed by atoms with Gasteiger partial charge in [0.25, 0.3) is 0 Å². The lowest BCUT2D eigenvalue weighted by molar-refractivity contribution is -0.128. The zero-order valence-electron chi connectivity index (χ0n) is 13.0. The van der Waals surface area contributed by atoms with E-state index in [-0.39, 0.29) is 11.3 Å². The van der Waals surface area contributed by atoms with Crippen LogP contribution in [0.25, 0.3) is 0 Å². The summed E-state index contributed by atoms with van der Waals surface area (Å²) in [6.07, 6.45) is 8.53. The minimum atomic E-state index is 0.238. The number of halogens is 1. The Bertz CT molecular complexity index is 556. The Morgan fingerprint density at radius 1 is 1.14 bits per heavy atom. The van der Waals surface area contributed by atoms with Gasteiger partial charge in [-0.3, -0.25) is 4.79 Å². The Labute approximate surface area is 141 Å². The van der Waals surface area contributed by atoms with Gasteiger partial charge in [0, 0.05) is 17.3 Å². The molecule has 0 unspecified atom stereocenters. The van der Waals surface area contributed by atoms with Crippen molar-refractivity contribution in [2.75, 3.05) is 0 Å². The quantitative estimate of drug-likeness (QED) is 0.789. The van der Waals surface area contributed by atoms with Crippen molar-refractivity contribution in [2.24, 2.45) is 17.3 Å². The Morgan fingerprint density at radius 2 is 1.82 bits per heavy atom. The fourth-order valence-corrected chi connectivity index (χ4v) is 7.25. The second kappa shape index (κ2) is 5.36. The monoisotopic (exact) mass is 361 g/mol. The van der Waals surface area contributed by atoms with E-state index in [1.807, 2.05) is 18.2 Å². The van der Waals surface area contributed by atoms with Crippen LogP contribution in [-0.4, -0.2) is 10.2 Å². The largest absolute Gasteiger partial charge is 0.352 e. The molecule has 118 valence electrons. The Morgan fingerprint density at radius 3 is 2.45 bits per heavy atom. The van der Waals surface area contributed by atoms with Crippen LogP contribution in [0.5, 0.6) is 0 Å². The van der Waals surface area contributed by atoms with E-state index in [1.165, 1.54) is 44.1 Å². The van der Waals surface area contributed by atoms with Gasteiger partial charge in [0.2, 0.25) is 5.91 Å². The first-order valence-corrected chi connectivity index (χ1v) is 9.33. The summed E-state index contributed by atoms with van der Waals surface area (Å²) in [5, 5.41) is 3.13. The smallest absolute Gasteiger partial charge is 0.220 e. The van der Waals surface area contributed by atoms with Crippen molar-refractivity contribution in [1.82, 2.24) is 5.32 Å². The maximum absolute atomic E-state index is 12.5. The van der Waals surface area contributed by atoms with Gasteiger partial charge in [0.05, 0.1) is 0 Å². The highest BCUT2D eigenvalue weighted by atomic mass is 79.9. The second-order valence-electron chi connectivity index (χ2n) is 8.05. The van der Waals surface area contributed by atoms with Gasteiger partial charge in [-0.15, -0.1) is 0 Å². The lowest BCUT2D eigenvalue weighted by atomic mass is 9.48. The predicted molar refractivity (Wildman–Crippen MR) is 91.7 cm³/mol. The van der Waals surface area contributed by atoms with Gasteiger partial charge in [-0.05, 0) is 61.3 Å². The topological polar surface area (TPSA) is 29.1 Å². The first-order valence-electron chi connectivity index (χ1n) is 8.54. The number of amides is 1.